The van der Waals surface area contributed by atoms with Crippen LogP contribution >= 0.6 is 0 Å². The summed E-state index contributed by atoms with van der Waals surface area (Å²) in [7, 11) is 0. The van der Waals surface area contributed by atoms with Gasteiger partial charge in [0, 0.05) is 17.6 Å². The van der Waals surface area contributed by atoms with Crippen LogP contribution in [0.5, 0.6) is 0 Å². The second-order valence-electron chi connectivity index (χ2n) is 8.97. The number of carbonyl (C=O) groups is 2. The number of ether oxygens (including phenoxy) is 1. The molecule has 4 rings (SSSR count). The average Bonchev–Trinajstić information content (AvgIpc) is 2.78. The Bertz CT molecular complexity index is 1010. The van der Waals surface area contributed by atoms with Crippen molar-refractivity contribution >= 4 is 22.8 Å². The molecule has 0 unspecified atom stereocenters. The van der Waals surface area contributed by atoms with Crippen LogP contribution in [-0.4, -0.2) is 29.5 Å². The highest BCUT2D eigenvalue weighted by molar-refractivity contribution is 6.05. The topological polar surface area (TPSA) is 68.3 Å². The zero-order valence-electron chi connectivity index (χ0n) is 18.6. The number of carbonyl (C=O) groups excluding carboxylic acids is 2. The minimum Gasteiger partial charge on any atom is -0.449 e. The van der Waals surface area contributed by atoms with Crippen LogP contribution < -0.4 is 5.32 Å². The van der Waals surface area contributed by atoms with E-state index in [2.05, 4.69) is 18.3 Å². The summed E-state index contributed by atoms with van der Waals surface area (Å²) in [5.41, 5.74) is 4.78. The Balaban J connectivity index is 1.47. The Kier molecular flexibility index (Phi) is 6.69. The summed E-state index contributed by atoms with van der Waals surface area (Å²) >= 11 is 0. The fourth-order valence-corrected chi connectivity index (χ4v) is 4.69. The van der Waals surface area contributed by atoms with Gasteiger partial charge in [-0.25, -0.2) is 4.79 Å². The fourth-order valence-electron chi connectivity index (χ4n) is 4.69. The third-order valence-corrected chi connectivity index (χ3v) is 6.49. The number of hydrogen-bond donors (Lipinski definition) is 1. The molecule has 164 valence electrons. The van der Waals surface area contributed by atoms with Gasteiger partial charge >= 0.3 is 5.97 Å². The molecule has 2 aliphatic rings. The van der Waals surface area contributed by atoms with Crippen LogP contribution in [0.15, 0.2) is 35.9 Å². The number of para-hydroxylation sites is 1. The van der Waals surface area contributed by atoms with Crippen molar-refractivity contribution in [2.75, 3.05) is 6.54 Å². The summed E-state index contributed by atoms with van der Waals surface area (Å²) in [5, 5.41) is 3.73. The molecule has 1 amide bonds. The number of esters is 1. The summed E-state index contributed by atoms with van der Waals surface area (Å²) in [4.78, 5) is 30.6. The van der Waals surface area contributed by atoms with Crippen molar-refractivity contribution < 1.29 is 14.3 Å². The van der Waals surface area contributed by atoms with Crippen molar-refractivity contribution in [2.24, 2.45) is 5.92 Å². The highest BCUT2D eigenvalue weighted by Crippen LogP contribution is 2.32. The van der Waals surface area contributed by atoms with Gasteiger partial charge in [-0.15, -0.1) is 0 Å². The first-order chi connectivity index (χ1) is 15.0. The van der Waals surface area contributed by atoms with Gasteiger partial charge in [-0.05, 0) is 75.8 Å². The second-order valence-corrected chi connectivity index (χ2v) is 8.97. The molecule has 0 bridgehead atoms. The monoisotopic (exact) mass is 420 g/mol. The molecular weight excluding hydrogens is 388 g/mol. The SMILES string of the molecule is C[C@@H]1CCc2nc3ccccc3c(C(=O)O[C@@H](C)C(=O)NCCC3=CCCCC3)c2C1. The minimum absolute atomic E-state index is 0.245. The molecule has 0 aliphatic heterocycles. The molecule has 1 N–H and O–H groups in total. The van der Waals surface area contributed by atoms with E-state index in [4.69, 9.17) is 9.72 Å². The van der Waals surface area contributed by atoms with Gasteiger partial charge in [0.15, 0.2) is 6.10 Å². The van der Waals surface area contributed by atoms with Crippen LogP contribution in [0.3, 0.4) is 0 Å². The Morgan fingerprint density at radius 2 is 2.06 bits per heavy atom. The van der Waals surface area contributed by atoms with Crippen LogP contribution in [-0.2, 0) is 22.4 Å². The molecule has 5 nitrogen and oxygen atoms in total. The van der Waals surface area contributed by atoms with Gasteiger partial charge in [0.1, 0.15) is 0 Å². The number of nitrogens with one attached hydrogen (secondary N) is 1. The number of fused-ring (bicyclic) bond motifs is 2. The van der Waals surface area contributed by atoms with Crippen LogP contribution in [0.2, 0.25) is 0 Å². The van der Waals surface area contributed by atoms with E-state index in [0.29, 0.717) is 18.0 Å². The molecule has 0 saturated heterocycles. The summed E-state index contributed by atoms with van der Waals surface area (Å²) in [6.45, 7) is 4.42. The molecule has 1 aromatic carbocycles. The van der Waals surface area contributed by atoms with Crippen molar-refractivity contribution in [1.82, 2.24) is 10.3 Å². The van der Waals surface area contributed by atoms with Crippen LogP contribution in [0.25, 0.3) is 10.9 Å². The maximum atomic E-state index is 13.2. The zero-order valence-corrected chi connectivity index (χ0v) is 18.6. The lowest BCUT2D eigenvalue weighted by molar-refractivity contribution is -0.129. The Hall–Kier alpha value is -2.69. The maximum absolute atomic E-state index is 13.2. The van der Waals surface area contributed by atoms with E-state index in [1.54, 1.807) is 6.92 Å². The van der Waals surface area contributed by atoms with Crippen molar-refractivity contribution in [1.29, 1.82) is 0 Å². The molecule has 2 aromatic rings. The summed E-state index contributed by atoms with van der Waals surface area (Å²) in [6.07, 6.45) is 9.83. The van der Waals surface area contributed by atoms with Crippen molar-refractivity contribution in [2.45, 2.75) is 71.3 Å². The first-order valence-electron chi connectivity index (χ1n) is 11.6. The van der Waals surface area contributed by atoms with Crippen molar-refractivity contribution in [3.8, 4) is 0 Å². The molecule has 2 atom stereocenters. The molecule has 0 spiro atoms. The van der Waals surface area contributed by atoms with Gasteiger partial charge in [-0.3, -0.25) is 9.78 Å². The largest absolute Gasteiger partial charge is 0.449 e. The van der Waals surface area contributed by atoms with E-state index in [1.165, 1.54) is 18.4 Å². The smallest absolute Gasteiger partial charge is 0.339 e. The third-order valence-electron chi connectivity index (χ3n) is 6.49. The van der Waals surface area contributed by atoms with Crippen molar-refractivity contribution in [3.05, 3.63) is 52.7 Å². The molecule has 1 heterocycles. The normalized spacial score (nSPS) is 19.3. The minimum atomic E-state index is -0.837. The Labute approximate surface area is 184 Å². The molecule has 0 saturated carbocycles. The third kappa shape index (κ3) is 4.97. The molecule has 0 fully saturated rings. The van der Waals surface area contributed by atoms with Gasteiger partial charge < -0.3 is 10.1 Å². The summed E-state index contributed by atoms with van der Waals surface area (Å²) < 4.78 is 5.66. The van der Waals surface area contributed by atoms with E-state index in [1.807, 2.05) is 24.3 Å². The molecule has 2 aliphatic carbocycles. The first kappa shape index (κ1) is 21.5. The lowest BCUT2D eigenvalue weighted by Crippen LogP contribution is -2.36. The lowest BCUT2D eigenvalue weighted by atomic mass is 9.84. The first-order valence-corrected chi connectivity index (χ1v) is 11.6. The number of pyridine rings is 1. The predicted molar refractivity (Wildman–Crippen MR) is 122 cm³/mol. The van der Waals surface area contributed by atoms with Gasteiger partial charge in [0.05, 0.1) is 11.1 Å². The van der Waals surface area contributed by atoms with Gasteiger partial charge in [-0.2, -0.15) is 0 Å². The van der Waals surface area contributed by atoms with Crippen molar-refractivity contribution in [3.63, 3.8) is 0 Å². The lowest BCUT2D eigenvalue weighted by Gasteiger charge is -2.24. The van der Waals surface area contributed by atoms with Crippen LogP contribution in [0.1, 0.15) is 74.0 Å². The number of aromatic nitrogens is 1. The van der Waals surface area contributed by atoms with E-state index in [-0.39, 0.29) is 5.91 Å². The van der Waals surface area contributed by atoms with E-state index in [9.17, 15) is 9.59 Å². The van der Waals surface area contributed by atoms with Gasteiger partial charge in [-0.1, -0.05) is 36.8 Å². The Morgan fingerprint density at radius 1 is 1.23 bits per heavy atom. The van der Waals surface area contributed by atoms with Gasteiger partial charge in [0.2, 0.25) is 0 Å². The highest BCUT2D eigenvalue weighted by Gasteiger charge is 2.28. The number of aryl methyl sites for hydroxylation is 1. The Morgan fingerprint density at radius 3 is 2.87 bits per heavy atom. The molecule has 31 heavy (non-hydrogen) atoms. The highest BCUT2D eigenvalue weighted by atomic mass is 16.5. The number of amides is 1. The quantitative estimate of drug-likeness (QED) is 0.532. The average molecular weight is 421 g/mol. The standard InChI is InChI=1S/C26H32N2O3/c1-17-12-13-23-21(16-17)24(20-10-6-7-11-22(20)28-23)26(30)31-18(2)25(29)27-15-14-19-8-4-3-5-9-19/h6-8,10-11,17-18H,3-5,9,12-16H2,1-2H3,(H,27,29)/t17-,18+/m1/s1. The molecule has 5 heteroatoms. The summed E-state index contributed by atoms with van der Waals surface area (Å²) in [6, 6.07) is 7.69. The fraction of sp³-hybridized carbons (Fsp3) is 0.500. The predicted octanol–water partition coefficient (Wildman–Crippen LogP) is 4.91. The maximum Gasteiger partial charge on any atom is 0.339 e. The number of benzene rings is 1. The van der Waals surface area contributed by atoms with Crippen LogP contribution in [0.4, 0.5) is 0 Å². The number of nitrogens with zero attached hydrogens (tertiary/aromatic N) is 1. The number of rotatable bonds is 6. The molecule has 0 radical (unpaired) electrons. The van der Waals surface area contributed by atoms with E-state index in [0.717, 1.165) is 60.7 Å². The van der Waals surface area contributed by atoms with Gasteiger partial charge in [0.25, 0.3) is 5.91 Å². The summed E-state index contributed by atoms with van der Waals surface area (Å²) in [5.74, 6) is -0.177. The van der Waals surface area contributed by atoms with Crippen LogP contribution in [0, 0.1) is 5.92 Å². The molecular formula is C26H32N2O3. The van der Waals surface area contributed by atoms with E-state index < -0.39 is 12.1 Å². The van der Waals surface area contributed by atoms with E-state index >= 15 is 0 Å². The zero-order chi connectivity index (χ0) is 21.8. The number of allylic oxidation sites excluding steroid dienone is 1. The second kappa shape index (κ2) is 9.63. The molecule has 1 aromatic heterocycles. The number of hydrogen-bond acceptors (Lipinski definition) is 4.